The molecule has 0 aliphatic carbocycles. The molecule has 3 atom stereocenters. The summed E-state index contributed by atoms with van der Waals surface area (Å²) in [5, 5.41) is 16.8. The van der Waals surface area contributed by atoms with Crippen LogP contribution in [0.3, 0.4) is 0 Å². The van der Waals surface area contributed by atoms with Gasteiger partial charge in [-0.1, -0.05) is 27.7 Å². The van der Waals surface area contributed by atoms with Crippen molar-refractivity contribution in [1.82, 2.24) is 16.0 Å². The van der Waals surface area contributed by atoms with Crippen molar-refractivity contribution in [2.45, 2.75) is 66.1 Å². The van der Waals surface area contributed by atoms with Crippen molar-refractivity contribution in [2.75, 3.05) is 13.2 Å². The van der Waals surface area contributed by atoms with Crippen LogP contribution < -0.4 is 16.0 Å². The van der Waals surface area contributed by atoms with E-state index in [-0.39, 0.29) is 18.4 Å². The first-order valence-electron chi connectivity index (χ1n) is 9.18. The molecule has 4 N–H and O–H groups in total. The van der Waals surface area contributed by atoms with E-state index in [2.05, 4.69) is 16.0 Å². The van der Waals surface area contributed by atoms with Crippen molar-refractivity contribution < 1.29 is 29.0 Å². The monoisotopic (exact) mass is 387 g/mol. The largest absolute Gasteiger partial charge is 0.464 e. The Morgan fingerprint density at radius 2 is 1.48 bits per heavy atom. The zero-order valence-corrected chi connectivity index (χ0v) is 17.0. The van der Waals surface area contributed by atoms with Gasteiger partial charge in [-0.15, -0.1) is 0 Å². The Hall–Kier alpha value is -2.16. The highest BCUT2D eigenvalue weighted by Gasteiger charge is 2.31. The molecule has 0 heterocycles. The van der Waals surface area contributed by atoms with E-state index in [0.717, 1.165) is 0 Å². The second-order valence-corrected chi connectivity index (χ2v) is 7.11. The van der Waals surface area contributed by atoms with Gasteiger partial charge in [-0.05, 0) is 25.2 Å². The minimum atomic E-state index is -1.16. The Balaban J connectivity index is 5.25. The van der Waals surface area contributed by atoms with Gasteiger partial charge in [0.2, 0.25) is 17.7 Å². The number of ether oxygens (including phenoxy) is 1. The first kappa shape index (κ1) is 24.8. The molecule has 0 aromatic carbocycles. The van der Waals surface area contributed by atoms with E-state index >= 15 is 0 Å². The zero-order chi connectivity index (χ0) is 21.1. The third kappa shape index (κ3) is 9.37. The maximum atomic E-state index is 12.7. The van der Waals surface area contributed by atoms with Gasteiger partial charge < -0.3 is 25.8 Å². The van der Waals surface area contributed by atoms with Crippen LogP contribution in [0.25, 0.3) is 0 Å². The van der Waals surface area contributed by atoms with Gasteiger partial charge in [-0.2, -0.15) is 0 Å². The lowest BCUT2D eigenvalue weighted by atomic mass is 10.00. The van der Waals surface area contributed by atoms with Gasteiger partial charge >= 0.3 is 5.97 Å². The number of aliphatic hydroxyl groups excluding tert-OH is 1. The van der Waals surface area contributed by atoms with Crippen LogP contribution in [-0.2, 0) is 23.9 Å². The van der Waals surface area contributed by atoms with E-state index in [1.54, 1.807) is 20.8 Å². The number of hydrogen-bond acceptors (Lipinski definition) is 6. The average Bonchev–Trinajstić information content (AvgIpc) is 2.55. The van der Waals surface area contributed by atoms with E-state index in [4.69, 9.17) is 4.74 Å². The maximum Gasteiger partial charge on any atom is 0.328 e. The summed E-state index contributed by atoms with van der Waals surface area (Å²) in [6, 6.07) is -2.92. The number of carbonyl (C=O) groups is 4. The van der Waals surface area contributed by atoms with Crippen molar-refractivity contribution >= 4 is 23.7 Å². The average molecular weight is 387 g/mol. The minimum Gasteiger partial charge on any atom is -0.464 e. The Morgan fingerprint density at radius 3 is 1.89 bits per heavy atom. The number of hydrogen-bond donors (Lipinski definition) is 4. The van der Waals surface area contributed by atoms with E-state index in [0.29, 0.717) is 6.42 Å². The Kier molecular flexibility index (Phi) is 11.3. The molecule has 0 aromatic rings. The fourth-order valence-corrected chi connectivity index (χ4v) is 2.40. The quantitative estimate of drug-likeness (QED) is 0.360. The molecule has 0 aliphatic heterocycles. The molecule has 0 spiro atoms. The SMILES string of the molecule is CCOC(=O)[C@@H](NC(=O)[C@H](CC(C)C)NC(=O)[C@H](CO)NC(C)=O)C(C)C. The first-order chi connectivity index (χ1) is 12.5. The third-order valence-electron chi connectivity index (χ3n) is 3.72. The molecule has 0 aliphatic rings. The van der Waals surface area contributed by atoms with Crippen LogP contribution >= 0.6 is 0 Å². The molecule has 0 fully saturated rings. The van der Waals surface area contributed by atoms with E-state index in [9.17, 15) is 24.3 Å². The summed E-state index contributed by atoms with van der Waals surface area (Å²) < 4.78 is 4.99. The molecule has 0 rings (SSSR count). The summed E-state index contributed by atoms with van der Waals surface area (Å²) in [5.41, 5.74) is 0. The molecule has 27 heavy (non-hydrogen) atoms. The molecular weight excluding hydrogens is 354 g/mol. The molecule has 9 nitrogen and oxygen atoms in total. The summed E-state index contributed by atoms with van der Waals surface area (Å²) in [6.07, 6.45) is 0.323. The highest BCUT2D eigenvalue weighted by atomic mass is 16.5. The van der Waals surface area contributed by atoms with Crippen LogP contribution in [0.15, 0.2) is 0 Å². The van der Waals surface area contributed by atoms with Gasteiger partial charge in [0, 0.05) is 6.92 Å². The van der Waals surface area contributed by atoms with Gasteiger partial charge in [0.25, 0.3) is 0 Å². The summed E-state index contributed by atoms with van der Waals surface area (Å²) in [5.74, 6) is -2.34. The number of aliphatic hydroxyl groups is 1. The van der Waals surface area contributed by atoms with Gasteiger partial charge in [0.1, 0.15) is 18.1 Å². The number of esters is 1. The van der Waals surface area contributed by atoms with E-state index in [1.165, 1.54) is 6.92 Å². The molecule has 0 radical (unpaired) electrons. The van der Waals surface area contributed by atoms with Gasteiger partial charge in [-0.25, -0.2) is 4.79 Å². The predicted molar refractivity (Wildman–Crippen MR) is 99.5 cm³/mol. The highest BCUT2D eigenvalue weighted by molar-refractivity contribution is 5.93. The summed E-state index contributed by atoms with van der Waals surface area (Å²) in [7, 11) is 0. The fourth-order valence-electron chi connectivity index (χ4n) is 2.40. The van der Waals surface area contributed by atoms with Crippen molar-refractivity contribution in [2.24, 2.45) is 11.8 Å². The van der Waals surface area contributed by atoms with Gasteiger partial charge in [0.05, 0.1) is 13.2 Å². The number of rotatable bonds is 11. The molecule has 0 unspecified atom stereocenters. The lowest BCUT2D eigenvalue weighted by molar-refractivity contribution is -0.149. The molecule has 0 bridgehead atoms. The summed E-state index contributed by atoms with van der Waals surface area (Å²) in [6.45, 7) is 9.81. The Morgan fingerprint density at radius 1 is 0.926 bits per heavy atom. The molecule has 0 saturated heterocycles. The van der Waals surface area contributed by atoms with Crippen molar-refractivity contribution in [1.29, 1.82) is 0 Å². The molecule has 9 heteroatoms. The van der Waals surface area contributed by atoms with Crippen LogP contribution in [0, 0.1) is 11.8 Å². The fraction of sp³-hybridized carbons (Fsp3) is 0.778. The molecule has 0 saturated carbocycles. The normalized spacial score (nSPS) is 14.3. The van der Waals surface area contributed by atoms with Gasteiger partial charge in [0.15, 0.2) is 0 Å². The second kappa shape index (κ2) is 12.3. The molecule has 0 aromatic heterocycles. The second-order valence-electron chi connectivity index (χ2n) is 7.11. The van der Waals surface area contributed by atoms with Crippen LogP contribution in [0.5, 0.6) is 0 Å². The van der Waals surface area contributed by atoms with Crippen molar-refractivity contribution in [3.63, 3.8) is 0 Å². The van der Waals surface area contributed by atoms with E-state index < -0.39 is 48.4 Å². The lowest BCUT2D eigenvalue weighted by Crippen LogP contribution is -2.57. The van der Waals surface area contributed by atoms with Gasteiger partial charge in [-0.3, -0.25) is 14.4 Å². The maximum absolute atomic E-state index is 12.7. The lowest BCUT2D eigenvalue weighted by Gasteiger charge is -2.26. The first-order valence-corrected chi connectivity index (χ1v) is 9.18. The molecule has 3 amide bonds. The zero-order valence-electron chi connectivity index (χ0n) is 17.0. The summed E-state index contributed by atoms with van der Waals surface area (Å²) in [4.78, 5) is 48.2. The number of carbonyl (C=O) groups excluding carboxylic acids is 4. The van der Waals surface area contributed by atoms with Crippen LogP contribution in [0.4, 0.5) is 0 Å². The standard InChI is InChI=1S/C18H33N3O6/c1-7-27-18(26)15(11(4)5)21-16(24)13(8-10(2)3)20-17(25)14(9-22)19-12(6)23/h10-11,13-15,22H,7-9H2,1-6H3,(H,19,23)(H,20,25)(H,21,24)/t13-,14-,15-/m0/s1. The summed E-state index contributed by atoms with van der Waals surface area (Å²) >= 11 is 0. The van der Waals surface area contributed by atoms with Crippen LogP contribution in [-0.4, -0.2) is 60.1 Å². The topological polar surface area (TPSA) is 134 Å². The van der Waals surface area contributed by atoms with E-state index in [1.807, 2.05) is 13.8 Å². The molecule has 156 valence electrons. The Labute approximate surface area is 160 Å². The number of amides is 3. The van der Waals surface area contributed by atoms with Crippen molar-refractivity contribution in [3.8, 4) is 0 Å². The van der Waals surface area contributed by atoms with Crippen LogP contribution in [0.1, 0.15) is 48.0 Å². The minimum absolute atomic E-state index is 0.0782. The molecular formula is C18H33N3O6. The Bertz CT molecular complexity index is 521. The predicted octanol–water partition coefficient (Wildman–Crippen LogP) is -0.282. The highest BCUT2D eigenvalue weighted by Crippen LogP contribution is 2.09. The van der Waals surface area contributed by atoms with Crippen molar-refractivity contribution in [3.05, 3.63) is 0 Å². The van der Waals surface area contributed by atoms with Crippen LogP contribution in [0.2, 0.25) is 0 Å². The number of nitrogens with one attached hydrogen (secondary N) is 3. The smallest absolute Gasteiger partial charge is 0.328 e. The third-order valence-corrected chi connectivity index (χ3v) is 3.72.